The first-order valence-electron chi connectivity index (χ1n) is 2.13. The third kappa shape index (κ3) is 3.83. The van der Waals surface area contributed by atoms with Gasteiger partial charge in [-0.2, -0.15) is 0 Å². The standard InChI is InChI=1S/C5H9ClO/c1-5(4-6)2-3-7/h2,7H,3-4H2,1H3/b5-2+. The molecule has 7 heavy (non-hydrogen) atoms. The zero-order chi connectivity index (χ0) is 5.70. The highest BCUT2D eigenvalue weighted by Gasteiger charge is 1.79. The first-order chi connectivity index (χ1) is 3.31. The largest absolute Gasteiger partial charge is 0.392 e. The van der Waals surface area contributed by atoms with Crippen molar-refractivity contribution < 1.29 is 5.11 Å². The number of alkyl halides is 1. The van der Waals surface area contributed by atoms with E-state index in [1.54, 1.807) is 6.08 Å². The van der Waals surface area contributed by atoms with E-state index in [1.165, 1.54) is 0 Å². The highest BCUT2D eigenvalue weighted by atomic mass is 35.5. The van der Waals surface area contributed by atoms with E-state index >= 15 is 0 Å². The fraction of sp³-hybridized carbons (Fsp3) is 0.600. The summed E-state index contributed by atoms with van der Waals surface area (Å²) < 4.78 is 0. The minimum Gasteiger partial charge on any atom is -0.392 e. The number of aliphatic hydroxyl groups is 1. The summed E-state index contributed by atoms with van der Waals surface area (Å²) >= 11 is 5.35. The van der Waals surface area contributed by atoms with Gasteiger partial charge in [-0.25, -0.2) is 0 Å². The monoisotopic (exact) mass is 120 g/mol. The van der Waals surface area contributed by atoms with Crippen molar-refractivity contribution >= 4 is 11.6 Å². The van der Waals surface area contributed by atoms with E-state index in [2.05, 4.69) is 0 Å². The van der Waals surface area contributed by atoms with Crippen LogP contribution < -0.4 is 0 Å². The van der Waals surface area contributed by atoms with Crippen LogP contribution in [0.3, 0.4) is 0 Å². The molecule has 0 unspecified atom stereocenters. The van der Waals surface area contributed by atoms with Crippen LogP contribution in [0.15, 0.2) is 11.6 Å². The van der Waals surface area contributed by atoms with Crippen molar-refractivity contribution in [3.8, 4) is 0 Å². The molecule has 0 aromatic carbocycles. The number of allylic oxidation sites excluding steroid dienone is 1. The molecule has 1 nitrogen and oxygen atoms in total. The Labute approximate surface area is 48.6 Å². The van der Waals surface area contributed by atoms with Crippen LogP contribution in [0.2, 0.25) is 0 Å². The molecule has 2 heteroatoms. The van der Waals surface area contributed by atoms with Gasteiger partial charge in [-0.15, -0.1) is 11.6 Å². The minimum atomic E-state index is 0.0958. The maximum atomic E-state index is 8.23. The van der Waals surface area contributed by atoms with E-state index in [0.29, 0.717) is 5.88 Å². The molecule has 0 fully saturated rings. The van der Waals surface area contributed by atoms with Crippen molar-refractivity contribution in [2.75, 3.05) is 12.5 Å². The fourth-order valence-corrected chi connectivity index (χ4v) is 0.320. The van der Waals surface area contributed by atoms with Crippen molar-refractivity contribution in [3.05, 3.63) is 11.6 Å². The minimum absolute atomic E-state index is 0.0958. The van der Waals surface area contributed by atoms with E-state index in [9.17, 15) is 0 Å². The molecule has 1 N–H and O–H groups in total. The molecular formula is C5H9ClO. The predicted octanol–water partition coefficient (Wildman–Crippen LogP) is 1.16. The Morgan fingerprint density at radius 2 is 2.43 bits per heavy atom. The first-order valence-corrected chi connectivity index (χ1v) is 2.67. The molecule has 0 heterocycles. The van der Waals surface area contributed by atoms with Crippen LogP contribution in [-0.4, -0.2) is 17.6 Å². The number of rotatable bonds is 2. The third-order valence-corrected chi connectivity index (χ3v) is 1.07. The Morgan fingerprint density at radius 1 is 1.86 bits per heavy atom. The van der Waals surface area contributed by atoms with Crippen LogP contribution >= 0.6 is 11.6 Å². The Bertz CT molecular complexity index is 68.5. The molecule has 0 aromatic rings. The van der Waals surface area contributed by atoms with E-state index in [1.807, 2.05) is 6.92 Å². The van der Waals surface area contributed by atoms with Gasteiger partial charge in [0.1, 0.15) is 0 Å². The summed E-state index contributed by atoms with van der Waals surface area (Å²) in [5.41, 5.74) is 1.02. The molecule has 0 aliphatic carbocycles. The number of hydrogen-bond acceptors (Lipinski definition) is 1. The van der Waals surface area contributed by atoms with Gasteiger partial charge in [-0.1, -0.05) is 11.6 Å². The molecule has 0 aliphatic rings. The van der Waals surface area contributed by atoms with E-state index in [-0.39, 0.29) is 6.61 Å². The van der Waals surface area contributed by atoms with Gasteiger partial charge in [0.2, 0.25) is 0 Å². The Morgan fingerprint density at radius 3 is 2.57 bits per heavy atom. The predicted molar refractivity (Wildman–Crippen MR) is 31.6 cm³/mol. The quantitative estimate of drug-likeness (QED) is 0.429. The van der Waals surface area contributed by atoms with Gasteiger partial charge < -0.3 is 5.11 Å². The topological polar surface area (TPSA) is 20.2 Å². The summed E-state index contributed by atoms with van der Waals surface area (Å²) in [6, 6.07) is 0. The van der Waals surface area contributed by atoms with E-state index < -0.39 is 0 Å². The second-order valence-corrected chi connectivity index (χ2v) is 1.63. The summed E-state index contributed by atoms with van der Waals surface area (Å²) in [7, 11) is 0. The van der Waals surface area contributed by atoms with Gasteiger partial charge in [0, 0.05) is 5.88 Å². The molecule has 0 saturated carbocycles. The smallest absolute Gasteiger partial charge is 0.0615 e. The molecule has 42 valence electrons. The van der Waals surface area contributed by atoms with E-state index in [0.717, 1.165) is 5.57 Å². The van der Waals surface area contributed by atoms with Crippen molar-refractivity contribution in [1.29, 1.82) is 0 Å². The molecule has 0 saturated heterocycles. The molecule has 0 amide bonds. The number of aliphatic hydroxyl groups excluding tert-OH is 1. The average Bonchev–Trinajstić information content (AvgIpc) is 1.68. The SMILES string of the molecule is C/C(=C\CO)CCl. The summed E-state index contributed by atoms with van der Waals surface area (Å²) in [5, 5.41) is 8.23. The molecule has 0 bridgehead atoms. The second-order valence-electron chi connectivity index (χ2n) is 1.37. The second kappa shape index (κ2) is 4.16. The van der Waals surface area contributed by atoms with Crippen LogP contribution in [0, 0.1) is 0 Å². The maximum absolute atomic E-state index is 8.23. The van der Waals surface area contributed by atoms with E-state index in [4.69, 9.17) is 16.7 Å². The van der Waals surface area contributed by atoms with Gasteiger partial charge in [-0.3, -0.25) is 0 Å². The van der Waals surface area contributed by atoms with Crippen LogP contribution in [-0.2, 0) is 0 Å². The summed E-state index contributed by atoms with van der Waals surface area (Å²) in [4.78, 5) is 0. The lowest BCUT2D eigenvalue weighted by molar-refractivity contribution is 0.342. The van der Waals surface area contributed by atoms with Crippen LogP contribution in [0.5, 0.6) is 0 Å². The summed E-state index contributed by atoms with van der Waals surface area (Å²) in [5.74, 6) is 0.514. The first kappa shape index (κ1) is 6.99. The molecule has 0 atom stereocenters. The van der Waals surface area contributed by atoms with Crippen molar-refractivity contribution in [2.24, 2.45) is 0 Å². The third-order valence-electron chi connectivity index (χ3n) is 0.651. The van der Waals surface area contributed by atoms with Gasteiger partial charge in [-0.05, 0) is 6.92 Å². The average molecular weight is 121 g/mol. The molecular weight excluding hydrogens is 112 g/mol. The van der Waals surface area contributed by atoms with Crippen LogP contribution in [0.25, 0.3) is 0 Å². The molecule has 0 rings (SSSR count). The molecule has 0 aromatic heterocycles. The molecule has 0 aliphatic heterocycles. The lowest BCUT2D eigenvalue weighted by Gasteiger charge is -1.86. The number of hydrogen-bond donors (Lipinski definition) is 1. The lowest BCUT2D eigenvalue weighted by atomic mass is 10.3. The molecule has 0 spiro atoms. The van der Waals surface area contributed by atoms with Crippen LogP contribution in [0.4, 0.5) is 0 Å². The highest BCUT2D eigenvalue weighted by Crippen LogP contribution is 1.92. The highest BCUT2D eigenvalue weighted by molar-refractivity contribution is 6.19. The van der Waals surface area contributed by atoms with Gasteiger partial charge in [0.25, 0.3) is 0 Å². The van der Waals surface area contributed by atoms with Crippen LogP contribution in [0.1, 0.15) is 6.92 Å². The van der Waals surface area contributed by atoms with Crippen molar-refractivity contribution in [3.63, 3.8) is 0 Å². The Balaban J connectivity index is 3.29. The van der Waals surface area contributed by atoms with Gasteiger partial charge in [0.15, 0.2) is 0 Å². The molecule has 0 radical (unpaired) electrons. The lowest BCUT2D eigenvalue weighted by Crippen LogP contribution is -1.79. The maximum Gasteiger partial charge on any atom is 0.0615 e. The normalized spacial score (nSPS) is 12.1. The zero-order valence-electron chi connectivity index (χ0n) is 4.32. The zero-order valence-corrected chi connectivity index (χ0v) is 5.07. The number of halogens is 1. The van der Waals surface area contributed by atoms with Gasteiger partial charge in [0.05, 0.1) is 6.61 Å². The van der Waals surface area contributed by atoms with Gasteiger partial charge >= 0.3 is 0 Å². The summed E-state index contributed by atoms with van der Waals surface area (Å²) in [6.07, 6.45) is 1.69. The Hall–Kier alpha value is -0.0100. The Kier molecular flexibility index (Phi) is 4.15. The fourth-order valence-electron chi connectivity index (χ4n) is 0.210. The summed E-state index contributed by atoms with van der Waals surface area (Å²) in [6.45, 7) is 1.97. The van der Waals surface area contributed by atoms with Crippen molar-refractivity contribution in [2.45, 2.75) is 6.92 Å². The van der Waals surface area contributed by atoms with Crippen molar-refractivity contribution in [1.82, 2.24) is 0 Å².